The molecule has 0 unspecified atom stereocenters. The number of hydrogen-bond acceptors (Lipinski definition) is 5. The average Bonchev–Trinajstić information content (AvgIpc) is 3.13. The summed E-state index contributed by atoms with van der Waals surface area (Å²) in [6, 6.07) is 15.5. The van der Waals surface area contributed by atoms with E-state index in [9.17, 15) is 14.9 Å². The molecule has 7 nitrogen and oxygen atoms in total. The first-order chi connectivity index (χ1) is 13.9. The van der Waals surface area contributed by atoms with Crippen molar-refractivity contribution >= 4 is 51.6 Å². The summed E-state index contributed by atoms with van der Waals surface area (Å²) in [6.07, 6.45) is 0. The highest BCUT2D eigenvalue weighted by atomic mass is 35.5. The van der Waals surface area contributed by atoms with Gasteiger partial charge in [0.2, 0.25) is 5.89 Å². The van der Waals surface area contributed by atoms with Crippen molar-refractivity contribution in [1.82, 2.24) is 4.98 Å². The van der Waals surface area contributed by atoms with Crippen molar-refractivity contribution in [3.05, 3.63) is 86.4 Å². The van der Waals surface area contributed by atoms with Crippen LogP contribution < -0.4 is 5.32 Å². The summed E-state index contributed by atoms with van der Waals surface area (Å²) in [6.45, 7) is 0. The van der Waals surface area contributed by atoms with Crippen molar-refractivity contribution in [2.75, 3.05) is 5.32 Å². The zero-order chi connectivity index (χ0) is 20.5. The number of nitro groups is 1. The van der Waals surface area contributed by atoms with E-state index in [1.165, 1.54) is 18.2 Å². The molecule has 1 N–H and O–H groups in total. The van der Waals surface area contributed by atoms with E-state index in [0.29, 0.717) is 32.4 Å². The van der Waals surface area contributed by atoms with Crippen LogP contribution in [0.15, 0.2) is 65.1 Å². The molecule has 1 amide bonds. The minimum Gasteiger partial charge on any atom is -0.436 e. The van der Waals surface area contributed by atoms with E-state index in [1.54, 1.807) is 42.5 Å². The lowest BCUT2D eigenvalue weighted by Crippen LogP contribution is -2.13. The fourth-order valence-corrected chi connectivity index (χ4v) is 3.18. The number of para-hydroxylation sites is 1. The highest BCUT2D eigenvalue weighted by Crippen LogP contribution is 2.33. The average molecular weight is 428 g/mol. The molecule has 1 heterocycles. The van der Waals surface area contributed by atoms with Gasteiger partial charge in [0.15, 0.2) is 5.58 Å². The summed E-state index contributed by atoms with van der Waals surface area (Å²) in [5, 5.41) is 14.7. The maximum absolute atomic E-state index is 12.5. The van der Waals surface area contributed by atoms with E-state index in [-0.39, 0.29) is 17.1 Å². The number of amides is 1. The number of carbonyl (C=O) groups is 1. The van der Waals surface area contributed by atoms with Crippen molar-refractivity contribution in [2.24, 2.45) is 0 Å². The van der Waals surface area contributed by atoms with Gasteiger partial charge in [0.05, 0.1) is 15.5 Å². The number of aromatic nitrogens is 1. The molecule has 0 bridgehead atoms. The molecule has 3 aromatic carbocycles. The van der Waals surface area contributed by atoms with Crippen molar-refractivity contribution in [3.63, 3.8) is 0 Å². The zero-order valence-corrected chi connectivity index (χ0v) is 16.1. The largest absolute Gasteiger partial charge is 0.436 e. The summed E-state index contributed by atoms with van der Waals surface area (Å²) < 4.78 is 5.73. The third-order valence-corrected chi connectivity index (χ3v) is 4.71. The molecule has 29 heavy (non-hydrogen) atoms. The molecule has 0 saturated heterocycles. The predicted octanol–water partition coefficient (Wildman–Crippen LogP) is 5.96. The number of fused-ring (bicyclic) bond motifs is 1. The minimum absolute atomic E-state index is 0.0378. The molecule has 144 valence electrons. The number of nitrogens with zero attached hydrogens (tertiary/aromatic N) is 2. The predicted molar refractivity (Wildman–Crippen MR) is 111 cm³/mol. The SMILES string of the molecule is O=C(Nc1ccc2oc(-c3cc(Cl)ccc3Cl)nc2c1)c1ccccc1[N+](=O)[O-]. The lowest BCUT2D eigenvalue weighted by molar-refractivity contribution is -0.385. The second kappa shape index (κ2) is 7.54. The van der Waals surface area contributed by atoms with Gasteiger partial charge in [-0.05, 0) is 42.5 Å². The van der Waals surface area contributed by atoms with Crippen molar-refractivity contribution < 1.29 is 14.1 Å². The Kier molecular flexibility index (Phi) is 4.92. The molecular formula is C20H11Cl2N3O4. The van der Waals surface area contributed by atoms with Crippen molar-refractivity contribution in [2.45, 2.75) is 0 Å². The van der Waals surface area contributed by atoms with Gasteiger partial charge in [0.1, 0.15) is 11.1 Å². The Balaban J connectivity index is 1.66. The van der Waals surface area contributed by atoms with Gasteiger partial charge in [0.25, 0.3) is 11.6 Å². The first kappa shape index (κ1) is 18.9. The van der Waals surface area contributed by atoms with Crippen LogP contribution >= 0.6 is 23.2 Å². The summed E-state index contributed by atoms with van der Waals surface area (Å²) >= 11 is 12.2. The monoisotopic (exact) mass is 427 g/mol. The molecule has 0 spiro atoms. The summed E-state index contributed by atoms with van der Waals surface area (Å²) in [7, 11) is 0. The molecule has 1 aromatic heterocycles. The second-order valence-corrected chi connectivity index (χ2v) is 6.90. The van der Waals surface area contributed by atoms with Crippen LogP contribution in [0.5, 0.6) is 0 Å². The van der Waals surface area contributed by atoms with Gasteiger partial charge in [-0.3, -0.25) is 14.9 Å². The van der Waals surface area contributed by atoms with Gasteiger partial charge in [-0.25, -0.2) is 4.98 Å². The van der Waals surface area contributed by atoms with Gasteiger partial charge in [-0.2, -0.15) is 0 Å². The van der Waals surface area contributed by atoms with Crippen LogP contribution in [0.4, 0.5) is 11.4 Å². The lowest BCUT2D eigenvalue weighted by Gasteiger charge is -2.05. The third-order valence-electron chi connectivity index (χ3n) is 4.15. The summed E-state index contributed by atoms with van der Waals surface area (Å²) in [5.74, 6) is -0.312. The molecule has 4 aromatic rings. The van der Waals surface area contributed by atoms with Crippen LogP contribution in [0.3, 0.4) is 0 Å². The normalized spacial score (nSPS) is 10.8. The Morgan fingerprint density at radius 3 is 2.66 bits per heavy atom. The molecule has 0 aliphatic heterocycles. The maximum atomic E-state index is 12.5. The summed E-state index contributed by atoms with van der Waals surface area (Å²) in [5.41, 5.74) is 1.62. The number of rotatable bonds is 4. The molecule has 0 aliphatic carbocycles. The highest BCUT2D eigenvalue weighted by molar-refractivity contribution is 6.35. The number of benzene rings is 3. The topological polar surface area (TPSA) is 98.3 Å². The van der Waals surface area contributed by atoms with Crippen molar-refractivity contribution in [1.29, 1.82) is 0 Å². The Morgan fingerprint density at radius 2 is 1.86 bits per heavy atom. The van der Waals surface area contributed by atoms with Crippen LogP contribution in [-0.2, 0) is 0 Å². The first-order valence-corrected chi connectivity index (χ1v) is 9.09. The van der Waals surface area contributed by atoms with Crippen molar-refractivity contribution in [3.8, 4) is 11.5 Å². The smallest absolute Gasteiger partial charge is 0.282 e. The molecule has 9 heteroatoms. The van der Waals surface area contributed by atoms with E-state index in [4.69, 9.17) is 27.6 Å². The fourth-order valence-electron chi connectivity index (χ4n) is 2.81. The number of nitro benzene ring substituents is 1. The fraction of sp³-hybridized carbons (Fsp3) is 0. The highest BCUT2D eigenvalue weighted by Gasteiger charge is 2.20. The Morgan fingerprint density at radius 1 is 1.07 bits per heavy atom. The quantitative estimate of drug-likeness (QED) is 0.319. The van der Waals surface area contributed by atoms with Crippen LogP contribution in [0.2, 0.25) is 10.0 Å². The van der Waals surface area contributed by atoms with Gasteiger partial charge in [0, 0.05) is 16.8 Å². The summed E-state index contributed by atoms with van der Waals surface area (Å²) in [4.78, 5) is 27.4. The molecule has 4 rings (SSSR count). The van der Waals surface area contributed by atoms with Crippen LogP contribution in [0, 0.1) is 10.1 Å². The second-order valence-electron chi connectivity index (χ2n) is 6.05. The third kappa shape index (κ3) is 3.78. The Bertz CT molecular complexity index is 1270. The van der Waals surface area contributed by atoms with Crippen LogP contribution in [-0.4, -0.2) is 15.8 Å². The van der Waals surface area contributed by atoms with E-state index in [1.807, 2.05) is 0 Å². The number of anilines is 1. The maximum Gasteiger partial charge on any atom is 0.282 e. The molecule has 0 fully saturated rings. The van der Waals surface area contributed by atoms with Crippen LogP contribution in [0.25, 0.3) is 22.6 Å². The van der Waals surface area contributed by atoms with Gasteiger partial charge >= 0.3 is 0 Å². The van der Waals surface area contributed by atoms with Gasteiger partial charge in [-0.15, -0.1) is 0 Å². The molecule has 0 atom stereocenters. The van der Waals surface area contributed by atoms with Gasteiger partial charge < -0.3 is 9.73 Å². The molecule has 0 radical (unpaired) electrons. The van der Waals surface area contributed by atoms with E-state index in [0.717, 1.165) is 0 Å². The van der Waals surface area contributed by atoms with Crippen LogP contribution in [0.1, 0.15) is 10.4 Å². The number of nitrogens with one attached hydrogen (secondary N) is 1. The van der Waals surface area contributed by atoms with E-state index in [2.05, 4.69) is 10.3 Å². The van der Waals surface area contributed by atoms with Gasteiger partial charge in [-0.1, -0.05) is 35.3 Å². The molecule has 0 saturated carbocycles. The number of hydrogen-bond donors (Lipinski definition) is 1. The molecular weight excluding hydrogens is 417 g/mol. The zero-order valence-electron chi connectivity index (χ0n) is 14.6. The Labute approximate surface area is 174 Å². The lowest BCUT2D eigenvalue weighted by atomic mass is 10.1. The van der Waals surface area contributed by atoms with E-state index >= 15 is 0 Å². The molecule has 0 aliphatic rings. The number of carbonyl (C=O) groups excluding carboxylic acids is 1. The number of oxazole rings is 1. The first-order valence-electron chi connectivity index (χ1n) is 8.33. The number of halogens is 2. The van der Waals surface area contributed by atoms with E-state index < -0.39 is 10.8 Å². The standard InChI is InChI=1S/C20H11Cl2N3O4/c21-11-5-7-15(22)14(9-11)20-24-16-10-12(6-8-18(16)29-20)23-19(26)13-3-1-2-4-17(13)25(27)28/h1-10H,(H,23,26). The minimum atomic E-state index is -0.600. The Hall–Kier alpha value is -3.42.